The number of nitrogens with one attached hydrogen (secondary N) is 1. The summed E-state index contributed by atoms with van der Waals surface area (Å²) >= 11 is 0. The molecule has 1 fully saturated rings. The first-order valence-electron chi connectivity index (χ1n) is 5.66. The van der Waals surface area contributed by atoms with Crippen LogP contribution in [-0.4, -0.2) is 21.7 Å². The highest BCUT2D eigenvalue weighted by Crippen LogP contribution is 2.37. The lowest BCUT2D eigenvalue weighted by molar-refractivity contribution is 0.778. The van der Waals surface area contributed by atoms with Crippen LogP contribution in [0.1, 0.15) is 13.3 Å². The molecule has 16 heavy (non-hydrogen) atoms. The van der Waals surface area contributed by atoms with E-state index >= 15 is 0 Å². The van der Waals surface area contributed by atoms with Crippen LogP contribution in [-0.2, 0) is 0 Å². The lowest BCUT2D eigenvalue weighted by Gasteiger charge is -2.03. The zero-order valence-corrected chi connectivity index (χ0v) is 9.22. The van der Waals surface area contributed by atoms with Gasteiger partial charge in [0.1, 0.15) is 5.52 Å². The van der Waals surface area contributed by atoms with E-state index in [1.54, 1.807) is 0 Å². The van der Waals surface area contributed by atoms with Crippen molar-refractivity contribution >= 4 is 17.0 Å². The predicted molar refractivity (Wildman–Crippen MR) is 63.1 cm³/mol. The molecular weight excluding hydrogens is 200 g/mol. The highest BCUT2D eigenvalue weighted by atomic mass is 15.2. The van der Waals surface area contributed by atoms with Crippen molar-refractivity contribution in [2.75, 3.05) is 11.9 Å². The molecule has 0 aliphatic heterocycles. The van der Waals surface area contributed by atoms with Gasteiger partial charge in [-0.3, -0.25) is 0 Å². The van der Waals surface area contributed by atoms with Gasteiger partial charge in [-0.2, -0.15) is 0 Å². The first-order chi connectivity index (χ1) is 7.83. The monoisotopic (exact) mass is 214 g/mol. The Morgan fingerprint density at radius 1 is 1.25 bits per heavy atom. The summed E-state index contributed by atoms with van der Waals surface area (Å²) in [5.74, 6) is 2.27. The maximum atomic E-state index is 4.42. The van der Waals surface area contributed by atoms with E-state index in [2.05, 4.69) is 27.4 Å². The lowest BCUT2D eigenvalue weighted by Crippen LogP contribution is -2.08. The van der Waals surface area contributed by atoms with Gasteiger partial charge >= 0.3 is 0 Å². The van der Waals surface area contributed by atoms with Crippen molar-refractivity contribution in [2.24, 2.45) is 11.8 Å². The van der Waals surface area contributed by atoms with Crippen LogP contribution >= 0.6 is 0 Å². The Kier molecular flexibility index (Phi) is 2.20. The molecule has 82 valence electrons. The number of benzene rings is 1. The number of fused-ring (bicyclic) bond motifs is 1. The molecule has 0 radical (unpaired) electrons. The van der Waals surface area contributed by atoms with Gasteiger partial charge in [0, 0.05) is 6.54 Å². The zero-order valence-electron chi connectivity index (χ0n) is 9.22. The number of nitrogens with zero attached hydrogens (tertiary/aromatic N) is 3. The molecule has 1 heterocycles. The number of hydrogen-bond acceptors (Lipinski definition) is 4. The number of hydrogen-bond donors (Lipinski definition) is 1. The summed E-state index contributed by atoms with van der Waals surface area (Å²) < 4.78 is 0. The Morgan fingerprint density at radius 3 is 2.75 bits per heavy atom. The molecule has 0 saturated heterocycles. The fourth-order valence-corrected chi connectivity index (χ4v) is 1.86. The third-order valence-electron chi connectivity index (χ3n) is 3.16. The van der Waals surface area contributed by atoms with Crippen LogP contribution < -0.4 is 5.32 Å². The minimum atomic E-state index is 0.637. The molecule has 0 spiro atoms. The van der Waals surface area contributed by atoms with E-state index in [4.69, 9.17) is 0 Å². The van der Waals surface area contributed by atoms with Crippen molar-refractivity contribution in [3.05, 3.63) is 24.3 Å². The van der Waals surface area contributed by atoms with Crippen LogP contribution in [0.3, 0.4) is 0 Å². The van der Waals surface area contributed by atoms with E-state index in [0.29, 0.717) is 5.95 Å². The quantitative estimate of drug-likeness (QED) is 0.850. The summed E-state index contributed by atoms with van der Waals surface area (Å²) in [6.45, 7) is 3.23. The summed E-state index contributed by atoms with van der Waals surface area (Å²) in [5, 5.41) is 11.4. The third kappa shape index (κ3) is 1.83. The van der Waals surface area contributed by atoms with Crippen molar-refractivity contribution < 1.29 is 0 Å². The normalized spacial score (nSPS) is 23.3. The average molecular weight is 214 g/mol. The molecule has 1 aromatic heterocycles. The molecule has 2 unspecified atom stereocenters. The van der Waals surface area contributed by atoms with Crippen molar-refractivity contribution in [2.45, 2.75) is 13.3 Å². The van der Waals surface area contributed by atoms with Gasteiger partial charge in [0.05, 0.1) is 5.52 Å². The second-order valence-corrected chi connectivity index (χ2v) is 4.48. The summed E-state index contributed by atoms with van der Waals surface area (Å²) in [4.78, 5) is 4.42. The molecule has 3 rings (SSSR count). The molecule has 0 amide bonds. The molecule has 0 bridgehead atoms. The third-order valence-corrected chi connectivity index (χ3v) is 3.16. The number of para-hydroxylation sites is 1. The molecule has 1 aliphatic carbocycles. The minimum Gasteiger partial charge on any atom is -0.353 e. The Hall–Kier alpha value is -1.71. The highest BCUT2D eigenvalue weighted by molar-refractivity contribution is 5.73. The SMILES string of the molecule is CC1CC1CNc1nnc2ccccc2n1. The van der Waals surface area contributed by atoms with Gasteiger partial charge in [0.15, 0.2) is 0 Å². The van der Waals surface area contributed by atoms with Crippen molar-refractivity contribution in [1.82, 2.24) is 15.2 Å². The Balaban J connectivity index is 1.77. The Labute approximate surface area is 94.1 Å². The van der Waals surface area contributed by atoms with E-state index < -0.39 is 0 Å². The van der Waals surface area contributed by atoms with E-state index in [-0.39, 0.29) is 0 Å². The molecular formula is C12H14N4. The summed E-state index contributed by atoms with van der Waals surface area (Å²) in [6.07, 6.45) is 1.31. The van der Waals surface area contributed by atoms with E-state index in [1.165, 1.54) is 6.42 Å². The largest absolute Gasteiger partial charge is 0.353 e. The van der Waals surface area contributed by atoms with E-state index in [0.717, 1.165) is 29.4 Å². The van der Waals surface area contributed by atoms with E-state index in [1.807, 2.05) is 24.3 Å². The maximum Gasteiger partial charge on any atom is 0.243 e. The smallest absolute Gasteiger partial charge is 0.243 e. The first-order valence-corrected chi connectivity index (χ1v) is 5.66. The summed E-state index contributed by atoms with van der Waals surface area (Å²) in [5.41, 5.74) is 1.73. The van der Waals surface area contributed by atoms with Gasteiger partial charge in [0.2, 0.25) is 5.95 Å². The molecule has 1 aliphatic rings. The van der Waals surface area contributed by atoms with E-state index in [9.17, 15) is 0 Å². The molecule has 2 aromatic rings. The summed E-state index contributed by atoms with van der Waals surface area (Å²) in [7, 11) is 0. The second kappa shape index (κ2) is 3.70. The number of rotatable bonds is 3. The molecule has 2 atom stereocenters. The first kappa shape index (κ1) is 9.51. The maximum absolute atomic E-state index is 4.42. The number of anilines is 1. The highest BCUT2D eigenvalue weighted by Gasteiger charge is 2.32. The van der Waals surface area contributed by atoms with Gasteiger partial charge in [0.25, 0.3) is 0 Å². The fraction of sp³-hybridized carbons (Fsp3) is 0.417. The second-order valence-electron chi connectivity index (χ2n) is 4.48. The molecule has 1 aromatic carbocycles. The van der Waals surface area contributed by atoms with Crippen LogP contribution in [0.5, 0.6) is 0 Å². The fourth-order valence-electron chi connectivity index (χ4n) is 1.86. The van der Waals surface area contributed by atoms with Crippen molar-refractivity contribution in [3.8, 4) is 0 Å². The molecule has 1 N–H and O–H groups in total. The van der Waals surface area contributed by atoms with Gasteiger partial charge in [-0.05, 0) is 30.4 Å². The van der Waals surface area contributed by atoms with Gasteiger partial charge in [-0.1, -0.05) is 19.1 Å². The Morgan fingerprint density at radius 2 is 2.00 bits per heavy atom. The van der Waals surface area contributed by atoms with Crippen LogP contribution in [0, 0.1) is 11.8 Å². The molecule has 4 nitrogen and oxygen atoms in total. The standard InChI is InChI=1S/C12H14N4/c1-8-6-9(8)7-13-12-14-10-4-2-3-5-11(10)15-16-12/h2-5,8-9H,6-7H2,1H3,(H,13,14,16). The number of aromatic nitrogens is 3. The van der Waals surface area contributed by atoms with Crippen molar-refractivity contribution in [3.63, 3.8) is 0 Å². The summed E-state index contributed by atoms with van der Waals surface area (Å²) in [6, 6.07) is 7.78. The van der Waals surface area contributed by atoms with Crippen LogP contribution in [0.25, 0.3) is 11.0 Å². The van der Waals surface area contributed by atoms with Crippen LogP contribution in [0.15, 0.2) is 24.3 Å². The van der Waals surface area contributed by atoms with Gasteiger partial charge < -0.3 is 5.32 Å². The minimum absolute atomic E-state index is 0.637. The molecule has 1 saturated carbocycles. The van der Waals surface area contributed by atoms with Gasteiger partial charge in [-0.15, -0.1) is 10.2 Å². The Bertz CT molecular complexity index is 511. The van der Waals surface area contributed by atoms with Gasteiger partial charge in [-0.25, -0.2) is 4.98 Å². The topological polar surface area (TPSA) is 50.7 Å². The van der Waals surface area contributed by atoms with Crippen molar-refractivity contribution in [1.29, 1.82) is 0 Å². The molecule has 4 heteroatoms. The predicted octanol–water partition coefficient (Wildman–Crippen LogP) is 2.09. The zero-order chi connectivity index (χ0) is 11.0. The van der Waals surface area contributed by atoms with Crippen LogP contribution in [0.4, 0.5) is 5.95 Å². The van der Waals surface area contributed by atoms with Crippen LogP contribution in [0.2, 0.25) is 0 Å². The average Bonchev–Trinajstić information content (AvgIpc) is 3.03. The lowest BCUT2D eigenvalue weighted by atomic mass is 10.3.